The molecule has 2 nitrogen and oxygen atoms in total. The standard InChI is InChI=1S/C16H28O2/c1-2-3-4-5-6-7-8-9-10-11-12-13-14-15-16(17)18/h8-9,11-12H,2-7,10,13-15H2,1H3,(H,17,18)/b9-8+,12-11+. The molecule has 0 aliphatic rings. The molecule has 0 spiro atoms. The van der Waals surface area contributed by atoms with E-state index in [0.717, 1.165) is 19.3 Å². The van der Waals surface area contributed by atoms with Crippen LogP contribution in [0.1, 0.15) is 71.1 Å². The van der Waals surface area contributed by atoms with Gasteiger partial charge < -0.3 is 5.11 Å². The zero-order chi connectivity index (χ0) is 13.5. The highest BCUT2D eigenvalue weighted by Crippen LogP contribution is 2.05. The van der Waals surface area contributed by atoms with Crippen LogP contribution in [-0.4, -0.2) is 11.1 Å². The van der Waals surface area contributed by atoms with Gasteiger partial charge in [-0.15, -0.1) is 0 Å². The molecule has 0 aliphatic heterocycles. The van der Waals surface area contributed by atoms with Gasteiger partial charge in [0, 0.05) is 6.42 Å². The van der Waals surface area contributed by atoms with Crippen LogP contribution >= 0.6 is 0 Å². The fourth-order valence-corrected chi connectivity index (χ4v) is 1.74. The van der Waals surface area contributed by atoms with Gasteiger partial charge in [-0.05, 0) is 32.1 Å². The average Bonchev–Trinajstić information content (AvgIpc) is 2.34. The summed E-state index contributed by atoms with van der Waals surface area (Å²) < 4.78 is 0. The van der Waals surface area contributed by atoms with Crippen LogP contribution in [0.3, 0.4) is 0 Å². The first-order valence-corrected chi connectivity index (χ1v) is 7.29. The summed E-state index contributed by atoms with van der Waals surface area (Å²) in [7, 11) is 0. The van der Waals surface area contributed by atoms with Crippen molar-refractivity contribution in [3.05, 3.63) is 24.3 Å². The van der Waals surface area contributed by atoms with E-state index in [2.05, 4.69) is 31.2 Å². The Bertz CT molecular complexity index is 241. The predicted octanol–water partition coefficient (Wildman–Crippen LogP) is 5.10. The van der Waals surface area contributed by atoms with Gasteiger partial charge in [0.25, 0.3) is 0 Å². The van der Waals surface area contributed by atoms with E-state index >= 15 is 0 Å². The Balaban J connectivity index is 3.21. The lowest BCUT2D eigenvalue weighted by Gasteiger charge is -1.95. The number of allylic oxidation sites excluding steroid dienone is 4. The highest BCUT2D eigenvalue weighted by Gasteiger charge is 1.92. The summed E-state index contributed by atoms with van der Waals surface area (Å²) in [6, 6.07) is 0. The largest absolute Gasteiger partial charge is 0.481 e. The van der Waals surface area contributed by atoms with E-state index in [0.29, 0.717) is 0 Å². The first kappa shape index (κ1) is 16.9. The Hall–Kier alpha value is -1.05. The molecular formula is C16H28O2. The minimum absolute atomic E-state index is 0.276. The third-order valence-electron chi connectivity index (χ3n) is 2.84. The number of carboxylic acid groups (broad SMARTS) is 1. The van der Waals surface area contributed by atoms with Crippen LogP contribution in [-0.2, 0) is 4.79 Å². The Morgan fingerprint density at radius 1 is 0.889 bits per heavy atom. The first-order valence-electron chi connectivity index (χ1n) is 7.29. The molecule has 2 heteroatoms. The first-order chi connectivity index (χ1) is 8.77. The topological polar surface area (TPSA) is 37.3 Å². The van der Waals surface area contributed by atoms with E-state index in [-0.39, 0.29) is 6.42 Å². The minimum atomic E-state index is -0.702. The Kier molecular flexibility index (Phi) is 13.2. The zero-order valence-electron chi connectivity index (χ0n) is 11.7. The number of unbranched alkanes of at least 4 members (excludes halogenated alkanes) is 6. The quantitative estimate of drug-likeness (QED) is 0.387. The summed E-state index contributed by atoms with van der Waals surface area (Å²) in [5.41, 5.74) is 0. The smallest absolute Gasteiger partial charge is 0.303 e. The molecule has 104 valence electrons. The van der Waals surface area contributed by atoms with Crippen molar-refractivity contribution >= 4 is 5.97 Å². The summed E-state index contributed by atoms with van der Waals surface area (Å²) in [5, 5.41) is 8.46. The van der Waals surface area contributed by atoms with Crippen LogP contribution in [0.4, 0.5) is 0 Å². The highest BCUT2D eigenvalue weighted by atomic mass is 16.4. The summed E-state index contributed by atoms with van der Waals surface area (Å²) in [6.45, 7) is 2.24. The maximum atomic E-state index is 10.3. The van der Waals surface area contributed by atoms with Crippen LogP contribution in [0.2, 0.25) is 0 Å². The Labute approximate surface area is 112 Å². The van der Waals surface area contributed by atoms with Crippen LogP contribution in [0.15, 0.2) is 24.3 Å². The van der Waals surface area contributed by atoms with Crippen LogP contribution in [0, 0.1) is 0 Å². The molecule has 0 aromatic heterocycles. The average molecular weight is 252 g/mol. The lowest BCUT2D eigenvalue weighted by Crippen LogP contribution is -1.92. The van der Waals surface area contributed by atoms with Crippen molar-refractivity contribution < 1.29 is 9.90 Å². The molecule has 0 aliphatic carbocycles. The van der Waals surface area contributed by atoms with Crippen molar-refractivity contribution in [3.8, 4) is 0 Å². The van der Waals surface area contributed by atoms with E-state index in [9.17, 15) is 4.79 Å². The van der Waals surface area contributed by atoms with Crippen molar-refractivity contribution in [2.45, 2.75) is 71.1 Å². The number of carbonyl (C=O) groups is 1. The maximum Gasteiger partial charge on any atom is 0.303 e. The molecule has 0 heterocycles. The van der Waals surface area contributed by atoms with Gasteiger partial charge >= 0.3 is 5.97 Å². The van der Waals surface area contributed by atoms with Crippen LogP contribution in [0.5, 0.6) is 0 Å². The van der Waals surface area contributed by atoms with E-state index in [1.807, 2.05) is 0 Å². The van der Waals surface area contributed by atoms with Gasteiger partial charge in [0.2, 0.25) is 0 Å². The molecule has 0 aromatic rings. The number of hydrogen-bond acceptors (Lipinski definition) is 1. The molecule has 0 rings (SSSR count). The second-order valence-corrected chi connectivity index (χ2v) is 4.67. The molecule has 0 unspecified atom stereocenters. The van der Waals surface area contributed by atoms with Crippen molar-refractivity contribution in [1.29, 1.82) is 0 Å². The molecule has 0 bridgehead atoms. The highest BCUT2D eigenvalue weighted by molar-refractivity contribution is 5.66. The number of hydrogen-bond donors (Lipinski definition) is 1. The fraction of sp³-hybridized carbons (Fsp3) is 0.688. The molecule has 1 N–H and O–H groups in total. The van der Waals surface area contributed by atoms with Crippen LogP contribution < -0.4 is 0 Å². The predicted molar refractivity (Wildman–Crippen MR) is 77.8 cm³/mol. The number of carboxylic acids is 1. The molecule has 0 atom stereocenters. The third kappa shape index (κ3) is 14.9. The summed E-state index contributed by atoms with van der Waals surface area (Å²) in [6.07, 6.45) is 19.4. The van der Waals surface area contributed by atoms with Crippen molar-refractivity contribution in [3.63, 3.8) is 0 Å². The van der Waals surface area contributed by atoms with Crippen molar-refractivity contribution in [1.82, 2.24) is 0 Å². The van der Waals surface area contributed by atoms with Crippen molar-refractivity contribution in [2.75, 3.05) is 0 Å². The molecule has 18 heavy (non-hydrogen) atoms. The zero-order valence-corrected chi connectivity index (χ0v) is 11.7. The van der Waals surface area contributed by atoms with Gasteiger partial charge in [0.05, 0.1) is 0 Å². The van der Waals surface area contributed by atoms with Gasteiger partial charge in [0.15, 0.2) is 0 Å². The molecule has 0 amide bonds. The Morgan fingerprint density at radius 3 is 2.11 bits per heavy atom. The summed E-state index contributed by atoms with van der Waals surface area (Å²) >= 11 is 0. The molecule has 0 fully saturated rings. The van der Waals surface area contributed by atoms with Crippen LogP contribution in [0.25, 0.3) is 0 Å². The minimum Gasteiger partial charge on any atom is -0.481 e. The fourth-order valence-electron chi connectivity index (χ4n) is 1.74. The molecular weight excluding hydrogens is 224 g/mol. The summed E-state index contributed by atoms with van der Waals surface area (Å²) in [4.78, 5) is 10.3. The molecule has 0 saturated carbocycles. The van der Waals surface area contributed by atoms with E-state index in [1.54, 1.807) is 0 Å². The number of aliphatic carboxylic acids is 1. The van der Waals surface area contributed by atoms with E-state index < -0.39 is 5.97 Å². The third-order valence-corrected chi connectivity index (χ3v) is 2.84. The Morgan fingerprint density at radius 2 is 1.50 bits per heavy atom. The monoisotopic (exact) mass is 252 g/mol. The van der Waals surface area contributed by atoms with E-state index in [1.165, 1.54) is 38.5 Å². The lowest BCUT2D eigenvalue weighted by atomic mass is 10.1. The van der Waals surface area contributed by atoms with Crippen molar-refractivity contribution in [2.24, 2.45) is 0 Å². The maximum absolute atomic E-state index is 10.3. The second kappa shape index (κ2) is 14.0. The normalized spacial score (nSPS) is 11.6. The van der Waals surface area contributed by atoms with Gasteiger partial charge in [0.1, 0.15) is 0 Å². The SMILES string of the molecule is CCCCCCC/C=C/C/C=C/CCCC(=O)O. The second-order valence-electron chi connectivity index (χ2n) is 4.67. The van der Waals surface area contributed by atoms with Gasteiger partial charge in [-0.3, -0.25) is 4.79 Å². The van der Waals surface area contributed by atoms with E-state index in [4.69, 9.17) is 5.11 Å². The molecule has 0 aromatic carbocycles. The lowest BCUT2D eigenvalue weighted by molar-refractivity contribution is -0.137. The summed E-state index contributed by atoms with van der Waals surface area (Å²) in [5.74, 6) is -0.702. The number of rotatable bonds is 12. The van der Waals surface area contributed by atoms with Gasteiger partial charge in [-0.1, -0.05) is 56.9 Å². The molecule has 0 saturated heterocycles. The molecule has 0 radical (unpaired) electrons. The van der Waals surface area contributed by atoms with Gasteiger partial charge in [-0.2, -0.15) is 0 Å². The van der Waals surface area contributed by atoms with Gasteiger partial charge in [-0.25, -0.2) is 0 Å².